The van der Waals surface area contributed by atoms with Crippen LogP contribution < -0.4 is 10.2 Å². The molecule has 1 atom stereocenters. The van der Waals surface area contributed by atoms with Crippen LogP contribution in [-0.4, -0.2) is 29.9 Å². The minimum Gasteiger partial charge on any atom is -0.497 e. The van der Waals surface area contributed by atoms with E-state index in [1.54, 1.807) is 26.0 Å². The van der Waals surface area contributed by atoms with Crippen LogP contribution in [0.25, 0.3) is 0 Å². The first-order valence-electron chi connectivity index (χ1n) is 7.04. The van der Waals surface area contributed by atoms with Crippen molar-refractivity contribution < 1.29 is 9.53 Å². The molecule has 0 aliphatic rings. The van der Waals surface area contributed by atoms with Crippen LogP contribution in [0.4, 0.5) is 0 Å². The van der Waals surface area contributed by atoms with Crippen molar-refractivity contribution in [2.75, 3.05) is 14.2 Å². The predicted octanol–water partition coefficient (Wildman–Crippen LogP) is 2.53. The Morgan fingerprint density at radius 2 is 2.00 bits per heavy atom. The van der Waals surface area contributed by atoms with Gasteiger partial charge in [0, 0.05) is 24.9 Å². The van der Waals surface area contributed by atoms with E-state index in [-0.39, 0.29) is 17.4 Å². The van der Waals surface area contributed by atoms with E-state index in [9.17, 15) is 9.59 Å². The van der Waals surface area contributed by atoms with E-state index in [0.717, 1.165) is 11.3 Å². The molecule has 0 fully saturated rings. The molecule has 116 valence electrons. The second kappa shape index (κ2) is 6.47. The van der Waals surface area contributed by atoms with Crippen LogP contribution in [-0.2, 0) is 0 Å². The number of H-pyrrole nitrogens is 1. The first kappa shape index (κ1) is 15.8. The van der Waals surface area contributed by atoms with Crippen molar-refractivity contribution in [3.63, 3.8) is 0 Å². The molecule has 22 heavy (non-hydrogen) atoms. The van der Waals surface area contributed by atoms with Crippen molar-refractivity contribution in [3.05, 3.63) is 63.6 Å². The smallest absolute Gasteiger partial charge is 0.270 e. The molecule has 1 aromatic heterocycles. The number of aromatic amines is 1. The molecular formula is C17H20N2O3. The van der Waals surface area contributed by atoms with E-state index in [2.05, 4.69) is 4.98 Å². The van der Waals surface area contributed by atoms with Gasteiger partial charge in [-0.1, -0.05) is 12.1 Å². The van der Waals surface area contributed by atoms with Crippen LogP contribution in [0.3, 0.4) is 0 Å². The van der Waals surface area contributed by atoms with E-state index >= 15 is 0 Å². The number of carbonyl (C=O) groups excluding carboxylic acids is 1. The summed E-state index contributed by atoms with van der Waals surface area (Å²) in [5.41, 5.74) is 1.74. The van der Waals surface area contributed by atoms with Crippen molar-refractivity contribution in [1.29, 1.82) is 0 Å². The lowest BCUT2D eigenvalue weighted by molar-refractivity contribution is 0.0736. The minimum absolute atomic E-state index is 0.147. The zero-order chi connectivity index (χ0) is 16.3. The maximum atomic E-state index is 12.5. The Bertz CT molecular complexity index is 737. The number of rotatable bonds is 4. The van der Waals surface area contributed by atoms with E-state index in [4.69, 9.17) is 4.74 Å². The number of amides is 1. The normalized spacial score (nSPS) is 11.8. The Morgan fingerprint density at radius 3 is 2.64 bits per heavy atom. The predicted molar refractivity (Wildman–Crippen MR) is 85.3 cm³/mol. The molecule has 5 nitrogen and oxygen atoms in total. The van der Waals surface area contributed by atoms with Crippen molar-refractivity contribution >= 4 is 5.91 Å². The minimum atomic E-state index is -0.226. The van der Waals surface area contributed by atoms with Gasteiger partial charge in [0.15, 0.2) is 5.43 Å². The molecule has 0 spiro atoms. The van der Waals surface area contributed by atoms with Crippen LogP contribution in [0.5, 0.6) is 5.75 Å². The molecule has 1 aromatic carbocycles. The largest absolute Gasteiger partial charge is 0.497 e. The number of aryl methyl sites for hydroxylation is 1. The lowest BCUT2D eigenvalue weighted by Crippen LogP contribution is -2.31. The number of methoxy groups -OCH3 is 1. The van der Waals surface area contributed by atoms with Gasteiger partial charge in [0.25, 0.3) is 5.91 Å². The maximum Gasteiger partial charge on any atom is 0.270 e. The molecular weight excluding hydrogens is 280 g/mol. The number of ether oxygens (including phenoxy) is 1. The molecule has 0 radical (unpaired) electrons. The number of benzene rings is 1. The average Bonchev–Trinajstić information content (AvgIpc) is 2.51. The third-order valence-electron chi connectivity index (χ3n) is 3.69. The summed E-state index contributed by atoms with van der Waals surface area (Å²) in [6, 6.07) is 10.2. The lowest BCUT2D eigenvalue weighted by atomic mass is 10.1. The Balaban J connectivity index is 2.27. The highest BCUT2D eigenvalue weighted by Gasteiger charge is 2.20. The molecule has 0 saturated carbocycles. The second-order valence-electron chi connectivity index (χ2n) is 5.28. The molecule has 5 heteroatoms. The standard InChI is InChI=1S/C17H20N2O3/c1-11-8-14(20)10-16(18-11)17(21)19(3)12(2)13-6-5-7-15(9-13)22-4/h5-10,12H,1-4H3,(H,18,20). The molecule has 2 rings (SSSR count). The highest BCUT2D eigenvalue weighted by molar-refractivity contribution is 5.92. The Kier molecular flexibility index (Phi) is 4.65. The summed E-state index contributed by atoms with van der Waals surface area (Å²) in [5, 5.41) is 0. The molecule has 0 aliphatic heterocycles. The van der Waals surface area contributed by atoms with Gasteiger partial charge >= 0.3 is 0 Å². The quantitative estimate of drug-likeness (QED) is 0.943. The third-order valence-corrected chi connectivity index (χ3v) is 3.69. The number of nitrogens with one attached hydrogen (secondary N) is 1. The van der Waals surface area contributed by atoms with Gasteiger partial charge in [-0.15, -0.1) is 0 Å². The molecule has 0 aliphatic carbocycles. The Labute approximate surface area is 129 Å². The molecule has 1 N–H and O–H groups in total. The van der Waals surface area contributed by atoms with Crippen LogP contribution in [0.15, 0.2) is 41.2 Å². The van der Waals surface area contributed by atoms with Crippen molar-refractivity contribution in [1.82, 2.24) is 9.88 Å². The van der Waals surface area contributed by atoms with Crippen LogP contribution in [0.2, 0.25) is 0 Å². The van der Waals surface area contributed by atoms with E-state index in [0.29, 0.717) is 11.4 Å². The van der Waals surface area contributed by atoms with E-state index < -0.39 is 0 Å². The molecule has 1 heterocycles. The summed E-state index contributed by atoms with van der Waals surface area (Å²) in [4.78, 5) is 28.6. The maximum absolute atomic E-state index is 12.5. The summed E-state index contributed by atoms with van der Waals surface area (Å²) in [6.07, 6.45) is 0. The summed E-state index contributed by atoms with van der Waals surface area (Å²) >= 11 is 0. The van der Waals surface area contributed by atoms with Crippen LogP contribution >= 0.6 is 0 Å². The first-order chi connectivity index (χ1) is 10.4. The average molecular weight is 300 g/mol. The topological polar surface area (TPSA) is 62.4 Å². The van der Waals surface area contributed by atoms with E-state index in [1.807, 2.05) is 31.2 Å². The van der Waals surface area contributed by atoms with Gasteiger partial charge in [-0.25, -0.2) is 0 Å². The fourth-order valence-corrected chi connectivity index (χ4v) is 2.29. The van der Waals surface area contributed by atoms with Gasteiger partial charge in [0.05, 0.1) is 13.2 Å². The van der Waals surface area contributed by atoms with Crippen molar-refractivity contribution in [2.45, 2.75) is 19.9 Å². The number of hydrogen-bond acceptors (Lipinski definition) is 3. The molecule has 0 saturated heterocycles. The van der Waals surface area contributed by atoms with Crippen LogP contribution in [0.1, 0.15) is 34.7 Å². The van der Waals surface area contributed by atoms with E-state index in [1.165, 1.54) is 12.1 Å². The van der Waals surface area contributed by atoms with Crippen LogP contribution in [0, 0.1) is 6.92 Å². The van der Waals surface area contributed by atoms with Crippen molar-refractivity contribution in [3.8, 4) is 5.75 Å². The van der Waals surface area contributed by atoms with Gasteiger partial charge in [0.1, 0.15) is 11.4 Å². The van der Waals surface area contributed by atoms with Gasteiger partial charge in [0.2, 0.25) is 0 Å². The SMILES string of the molecule is COc1cccc(C(C)N(C)C(=O)c2cc(=O)cc(C)[nH]2)c1. The fraction of sp³-hybridized carbons (Fsp3) is 0.294. The number of aromatic nitrogens is 1. The highest BCUT2D eigenvalue weighted by atomic mass is 16.5. The van der Waals surface area contributed by atoms with Gasteiger partial charge in [-0.2, -0.15) is 0 Å². The van der Waals surface area contributed by atoms with Gasteiger partial charge in [-0.05, 0) is 31.5 Å². The Morgan fingerprint density at radius 1 is 1.27 bits per heavy atom. The van der Waals surface area contributed by atoms with Gasteiger partial charge < -0.3 is 14.6 Å². The third kappa shape index (κ3) is 3.36. The number of carbonyl (C=O) groups is 1. The first-order valence-corrected chi connectivity index (χ1v) is 7.04. The summed E-state index contributed by atoms with van der Waals surface area (Å²) < 4.78 is 5.21. The molecule has 1 amide bonds. The lowest BCUT2D eigenvalue weighted by Gasteiger charge is -2.25. The highest BCUT2D eigenvalue weighted by Crippen LogP contribution is 2.23. The molecule has 0 bridgehead atoms. The second-order valence-corrected chi connectivity index (χ2v) is 5.28. The summed E-state index contributed by atoms with van der Waals surface area (Å²) in [5.74, 6) is 0.519. The summed E-state index contributed by atoms with van der Waals surface area (Å²) in [7, 11) is 3.32. The van der Waals surface area contributed by atoms with Gasteiger partial charge in [-0.3, -0.25) is 9.59 Å². The fourth-order valence-electron chi connectivity index (χ4n) is 2.29. The molecule has 1 unspecified atom stereocenters. The number of hydrogen-bond donors (Lipinski definition) is 1. The number of pyridine rings is 1. The van der Waals surface area contributed by atoms with Crippen molar-refractivity contribution in [2.24, 2.45) is 0 Å². The Hall–Kier alpha value is -2.56. The monoisotopic (exact) mass is 300 g/mol. The zero-order valence-corrected chi connectivity index (χ0v) is 13.2. The summed E-state index contributed by atoms with van der Waals surface area (Å²) in [6.45, 7) is 3.68. The number of nitrogens with zero attached hydrogens (tertiary/aromatic N) is 1. The zero-order valence-electron chi connectivity index (χ0n) is 13.2. The molecule has 2 aromatic rings.